The van der Waals surface area contributed by atoms with Crippen molar-refractivity contribution in [2.45, 2.75) is 0 Å². The zero-order valence-electron chi connectivity index (χ0n) is 14.0. The summed E-state index contributed by atoms with van der Waals surface area (Å²) >= 11 is 0. The third kappa shape index (κ3) is 2.18. The fraction of sp³-hybridized carbons (Fsp3) is 0.0952. The predicted octanol–water partition coefficient (Wildman–Crippen LogP) is 4.37. The SMILES string of the molecule is C=C1c2ccc(OC)c(OC)c2-c2oc(=O)cc(-c3ccccc3)c21. The number of fused-ring (bicyclic) bond motifs is 3. The van der Waals surface area contributed by atoms with E-state index < -0.39 is 5.63 Å². The maximum Gasteiger partial charge on any atom is 0.336 e. The van der Waals surface area contributed by atoms with Crippen molar-refractivity contribution in [1.82, 2.24) is 0 Å². The topological polar surface area (TPSA) is 48.7 Å². The number of methoxy groups -OCH3 is 2. The lowest BCUT2D eigenvalue weighted by Gasteiger charge is -2.11. The van der Waals surface area contributed by atoms with E-state index in [4.69, 9.17) is 13.9 Å². The van der Waals surface area contributed by atoms with Gasteiger partial charge in [-0.1, -0.05) is 36.9 Å². The predicted molar refractivity (Wildman–Crippen MR) is 97.1 cm³/mol. The molecule has 0 aliphatic heterocycles. The molecular weight excluding hydrogens is 316 g/mol. The molecule has 1 aromatic heterocycles. The fourth-order valence-corrected chi connectivity index (χ4v) is 3.35. The van der Waals surface area contributed by atoms with Crippen molar-refractivity contribution < 1.29 is 13.9 Å². The van der Waals surface area contributed by atoms with Gasteiger partial charge in [0.05, 0.1) is 19.8 Å². The highest BCUT2D eigenvalue weighted by molar-refractivity contribution is 6.05. The molecule has 1 heterocycles. The highest BCUT2D eigenvalue weighted by Gasteiger charge is 2.32. The fourth-order valence-electron chi connectivity index (χ4n) is 3.35. The Morgan fingerprint density at radius 3 is 2.36 bits per heavy atom. The average Bonchev–Trinajstić information content (AvgIpc) is 2.93. The Bertz CT molecular complexity index is 1050. The van der Waals surface area contributed by atoms with Crippen LogP contribution in [0.2, 0.25) is 0 Å². The Morgan fingerprint density at radius 1 is 0.920 bits per heavy atom. The van der Waals surface area contributed by atoms with Crippen LogP contribution in [0.25, 0.3) is 28.0 Å². The van der Waals surface area contributed by atoms with Crippen molar-refractivity contribution in [2.24, 2.45) is 0 Å². The van der Waals surface area contributed by atoms with Gasteiger partial charge in [-0.05, 0) is 28.8 Å². The van der Waals surface area contributed by atoms with E-state index in [-0.39, 0.29) is 0 Å². The zero-order chi connectivity index (χ0) is 17.6. The molecule has 0 fully saturated rings. The monoisotopic (exact) mass is 332 g/mol. The number of rotatable bonds is 3. The molecule has 0 unspecified atom stereocenters. The van der Waals surface area contributed by atoms with Crippen LogP contribution in [0.1, 0.15) is 11.1 Å². The van der Waals surface area contributed by atoms with Crippen LogP contribution >= 0.6 is 0 Å². The molecular formula is C21H16O4. The minimum absolute atomic E-state index is 0.414. The third-order valence-corrected chi connectivity index (χ3v) is 4.45. The van der Waals surface area contributed by atoms with Crippen LogP contribution in [0.3, 0.4) is 0 Å². The molecule has 4 heteroatoms. The molecule has 0 bridgehead atoms. The smallest absolute Gasteiger partial charge is 0.336 e. The summed E-state index contributed by atoms with van der Waals surface area (Å²) in [6.45, 7) is 4.23. The molecule has 0 saturated carbocycles. The second-order valence-electron chi connectivity index (χ2n) is 5.75. The van der Waals surface area contributed by atoms with Gasteiger partial charge >= 0.3 is 5.63 Å². The van der Waals surface area contributed by atoms with Gasteiger partial charge in [-0.25, -0.2) is 4.79 Å². The van der Waals surface area contributed by atoms with E-state index in [9.17, 15) is 4.79 Å². The lowest BCUT2D eigenvalue weighted by Crippen LogP contribution is -2.01. The Hall–Kier alpha value is -3.27. The Kier molecular flexibility index (Phi) is 3.46. The Labute approximate surface area is 145 Å². The molecule has 25 heavy (non-hydrogen) atoms. The van der Waals surface area contributed by atoms with Gasteiger partial charge in [-0.3, -0.25) is 0 Å². The van der Waals surface area contributed by atoms with E-state index >= 15 is 0 Å². The molecule has 3 aromatic rings. The minimum atomic E-state index is -0.414. The molecule has 1 aliphatic rings. The van der Waals surface area contributed by atoms with Gasteiger partial charge in [0.25, 0.3) is 0 Å². The summed E-state index contributed by atoms with van der Waals surface area (Å²) in [5.74, 6) is 1.59. The van der Waals surface area contributed by atoms with Crippen LogP contribution in [0, 0.1) is 0 Å². The molecule has 1 aliphatic carbocycles. The molecule has 0 radical (unpaired) electrons. The largest absolute Gasteiger partial charge is 0.493 e. The summed E-state index contributed by atoms with van der Waals surface area (Å²) in [6.07, 6.45) is 0. The lowest BCUT2D eigenvalue weighted by atomic mass is 9.97. The summed E-state index contributed by atoms with van der Waals surface area (Å²) < 4.78 is 16.5. The first-order chi connectivity index (χ1) is 12.2. The van der Waals surface area contributed by atoms with Crippen LogP contribution in [0.4, 0.5) is 0 Å². The van der Waals surface area contributed by atoms with E-state index in [0.717, 1.165) is 27.8 Å². The number of benzene rings is 2. The summed E-state index contributed by atoms with van der Waals surface area (Å²) in [5, 5.41) is 0. The van der Waals surface area contributed by atoms with Crippen LogP contribution in [0.15, 0.2) is 64.3 Å². The van der Waals surface area contributed by atoms with E-state index in [0.29, 0.717) is 22.8 Å². The first-order valence-electron chi connectivity index (χ1n) is 7.84. The molecule has 0 atom stereocenters. The summed E-state index contributed by atoms with van der Waals surface area (Å²) in [6, 6.07) is 15.0. The second kappa shape index (κ2) is 5.67. The quantitative estimate of drug-likeness (QED) is 0.559. The molecule has 4 nitrogen and oxygen atoms in total. The van der Waals surface area contributed by atoms with Crippen molar-refractivity contribution in [1.29, 1.82) is 0 Å². The normalized spacial score (nSPS) is 11.8. The van der Waals surface area contributed by atoms with Crippen molar-refractivity contribution in [2.75, 3.05) is 14.2 Å². The van der Waals surface area contributed by atoms with Crippen LogP contribution in [-0.4, -0.2) is 14.2 Å². The van der Waals surface area contributed by atoms with E-state index in [1.165, 1.54) is 6.07 Å². The van der Waals surface area contributed by atoms with Crippen molar-refractivity contribution >= 4 is 5.57 Å². The lowest BCUT2D eigenvalue weighted by molar-refractivity contribution is 0.355. The number of hydrogen-bond acceptors (Lipinski definition) is 4. The molecule has 0 amide bonds. The van der Waals surface area contributed by atoms with Gasteiger partial charge in [-0.15, -0.1) is 0 Å². The van der Waals surface area contributed by atoms with Crippen LogP contribution in [-0.2, 0) is 0 Å². The molecule has 0 spiro atoms. The maximum absolute atomic E-state index is 12.2. The average molecular weight is 332 g/mol. The summed E-state index contributed by atoms with van der Waals surface area (Å²) in [4.78, 5) is 12.2. The number of ether oxygens (including phenoxy) is 2. The molecule has 0 N–H and O–H groups in total. The first kappa shape index (κ1) is 15.3. The molecule has 0 saturated heterocycles. The second-order valence-corrected chi connectivity index (χ2v) is 5.75. The minimum Gasteiger partial charge on any atom is -0.493 e. The third-order valence-electron chi connectivity index (χ3n) is 4.45. The van der Waals surface area contributed by atoms with Crippen LogP contribution < -0.4 is 15.1 Å². The first-order valence-corrected chi connectivity index (χ1v) is 7.84. The highest BCUT2D eigenvalue weighted by Crippen LogP contribution is 2.52. The van der Waals surface area contributed by atoms with Crippen molar-refractivity contribution in [3.63, 3.8) is 0 Å². The van der Waals surface area contributed by atoms with Crippen LogP contribution in [0.5, 0.6) is 11.5 Å². The summed E-state index contributed by atoms with van der Waals surface area (Å²) in [5.41, 5.74) is 4.51. The van der Waals surface area contributed by atoms with Gasteiger partial charge in [0.1, 0.15) is 0 Å². The van der Waals surface area contributed by atoms with Gasteiger partial charge < -0.3 is 13.9 Å². The van der Waals surface area contributed by atoms with Crippen molar-refractivity contribution in [3.05, 3.63) is 76.7 Å². The standard InChI is InChI=1S/C21H16O4/c1-12-14-9-10-16(23-2)20(24-3)19(14)21-18(12)15(11-17(22)25-21)13-7-5-4-6-8-13/h4-11H,1H2,2-3H3. The summed E-state index contributed by atoms with van der Waals surface area (Å²) in [7, 11) is 3.14. The van der Waals surface area contributed by atoms with E-state index in [1.54, 1.807) is 14.2 Å². The Balaban J connectivity index is 2.09. The van der Waals surface area contributed by atoms with Crippen molar-refractivity contribution in [3.8, 4) is 33.9 Å². The van der Waals surface area contributed by atoms with Gasteiger partial charge in [0.15, 0.2) is 17.3 Å². The van der Waals surface area contributed by atoms with Gasteiger partial charge in [-0.2, -0.15) is 0 Å². The zero-order valence-corrected chi connectivity index (χ0v) is 14.0. The number of hydrogen-bond donors (Lipinski definition) is 0. The maximum atomic E-state index is 12.2. The van der Waals surface area contributed by atoms with E-state index in [1.807, 2.05) is 42.5 Å². The molecule has 4 rings (SSSR count). The highest BCUT2D eigenvalue weighted by atomic mass is 16.5. The Morgan fingerprint density at radius 2 is 1.68 bits per heavy atom. The van der Waals surface area contributed by atoms with E-state index in [2.05, 4.69) is 6.58 Å². The molecule has 124 valence electrons. The van der Waals surface area contributed by atoms with Gasteiger partial charge in [0, 0.05) is 17.2 Å². The van der Waals surface area contributed by atoms with Gasteiger partial charge in [0.2, 0.25) is 0 Å². The molecule has 2 aromatic carbocycles.